The van der Waals surface area contributed by atoms with Crippen molar-refractivity contribution in [2.45, 2.75) is 115 Å². The number of carboxylic acid groups (broad SMARTS) is 1. The topological polar surface area (TPSA) is 60.4 Å². The fourth-order valence-electron chi connectivity index (χ4n) is 4.00. The Labute approximate surface area is 181 Å². The first-order valence-corrected chi connectivity index (χ1v) is 12.1. The van der Waals surface area contributed by atoms with Crippen LogP contribution in [0.4, 0.5) is 0 Å². The van der Waals surface area contributed by atoms with Gasteiger partial charge in [0, 0.05) is 12.4 Å². The maximum absolute atomic E-state index is 11.0. The van der Waals surface area contributed by atoms with E-state index in [-0.39, 0.29) is 6.42 Å². The van der Waals surface area contributed by atoms with Crippen LogP contribution in [0.5, 0.6) is 0 Å². The van der Waals surface area contributed by atoms with E-state index in [2.05, 4.69) is 6.92 Å². The van der Waals surface area contributed by atoms with Crippen LogP contribution in [0.3, 0.4) is 0 Å². The number of carbonyl (C=O) groups excluding carboxylic acids is 1. The van der Waals surface area contributed by atoms with Gasteiger partial charge in [0.2, 0.25) is 0 Å². The predicted octanol–water partition coefficient (Wildman–Crippen LogP) is 4.99. The molecule has 4 heteroatoms. The molecule has 0 aliphatic heterocycles. The maximum atomic E-state index is 11.0. The first kappa shape index (κ1) is 28.1. The van der Waals surface area contributed by atoms with Crippen molar-refractivity contribution in [3.8, 4) is 0 Å². The van der Waals surface area contributed by atoms with E-state index in [1.165, 1.54) is 83.5 Å². The molecular weight excluding hydrogens is 362 g/mol. The molecule has 0 aromatic rings. The summed E-state index contributed by atoms with van der Waals surface area (Å²) in [6, 6.07) is 0. The van der Waals surface area contributed by atoms with Gasteiger partial charge < -0.3 is 19.5 Å². The highest BCUT2D eigenvalue weighted by Gasteiger charge is 2.30. The third-order valence-corrected chi connectivity index (χ3v) is 5.35. The molecule has 0 radical (unpaired) electrons. The van der Waals surface area contributed by atoms with E-state index in [0.29, 0.717) is 11.0 Å². The molecular formula is C25H49NO3. The maximum Gasteiger partial charge on any atom is 0.137 e. The highest BCUT2D eigenvalue weighted by molar-refractivity contribution is 5.66. The second kappa shape index (κ2) is 16.9. The standard InChI is InChI=1S/C25H49NO3/c1-5-6-7-8-9-10-11-12-13-14-15-16-17-18-19-20-21-25(29,22-24(27)28)23-26(2,3)4/h20-21,29H,5-19,22-23H2,1-4H3. The summed E-state index contributed by atoms with van der Waals surface area (Å²) in [6.45, 7) is 2.63. The van der Waals surface area contributed by atoms with Crippen LogP contribution in [-0.4, -0.2) is 48.8 Å². The van der Waals surface area contributed by atoms with Crippen molar-refractivity contribution in [1.82, 2.24) is 0 Å². The van der Waals surface area contributed by atoms with Gasteiger partial charge in [-0.2, -0.15) is 0 Å². The summed E-state index contributed by atoms with van der Waals surface area (Å²) in [6.07, 6.45) is 22.9. The summed E-state index contributed by atoms with van der Waals surface area (Å²) in [7, 11) is 5.84. The molecule has 29 heavy (non-hydrogen) atoms. The fraction of sp³-hybridized carbons (Fsp3) is 0.880. The third-order valence-electron chi connectivity index (χ3n) is 5.35. The number of unbranched alkanes of at least 4 members (excludes halogenated alkanes) is 14. The Bertz CT molecular complexity index is 428. The van der Waals surface area contributed by atoms with E-state index in [4.69, 9.17) is 0 Å². The Morgan fingerprint density at radius 3 is 1.62 bits per heavy atom. The van der Waals surface area contributed by atoms with Gasteiger partial charge in [0.25, 0.3) is 0 Å². The smallest absolute Gasteiger partial charge is 0.137 e. The molecule has 0 bridgehead atoms. The van der Waals surface area contributed by atoms with Crippen LogP contribution < -0.4 is 5.11 Å². The molecule has 0 saturated carbocycles. The van der Waals surface area contributed by atoms with Crippen LogP contribution in [0.25, 0.3) is 0 Å². The number of carbonyl (C=O) groups is 1. The largest absolute Gasteiger partial charge is 0.550 e. The van der Waals surface area contributed by atoms with Crippen LogP contribution in [0, 0.1) is 0 Å². The average Bonchev–Trinajstić information content (AvgIpc) is 2.59. The van der Waals surface area contributed by atoms with Crippen molar-refractivity contribution >= 4 is 5.97 Å². The first-order valence-electron chi connectivity index (χ1n) is 12.1. The normalized spacial score (nSPS) is 14.4. The lowest BCUT2D eigenvalue weighted by atomic mass is 9.97. The molecule has 0 aromatic heterocycles. The molecule has 0 heterocycles. The summed E-state index contributed by atoms with van der Waals surface area (Å²) in [5.74, 6) is -1.21. The monoisotopic (exact) mass is 411 g/mol. The Morgan fingerprint density at radius 2 is 1.24 bits per heavy atom. The molecule has 0 rings (SSSR count). The molecule has 1 N–H and O–H groups in total. The molecule has 0 saturated heterocycles. The summed E-state index contributed by atoms with van der Waals surface area (Å²) in [4.78, 5) is 11.0. The molecule has 0 amide bonds. The van der Waals surface area contributed by atoms with Gasteiger partial charge in [0.1, 0.15) is 12.1 Å². The number of likely N-dealkylation sites (N-methyl/N-ethyl adjacent to an activating group) is 1. The number of aliphatic carboxylic acids is 1. The molecule has 0 aliphatic rings. The van der Waals surface area contributed by atoms with Gasteiger partial charge in [-0.25, -0.2) is 0 Å². The quantitative estimate of drug-likeness (QED) is 0.174. The molecule has 0 aliphatic carbocycles. The lowest BCUT2D eigenvalue weighted by molar-refractivity contribution is -0.876. The zero-order valence-corrected chi connectivity index (χ0v) is 19.9. The number of hydrogen-bond donors (Lipinski definition) is 1. The number of aliphatic hydroxyl groups is 1. The van der Waals surface area contributed by atoms with Crippen molar-refractivity contribution in [3.05, 3.63) is 12.2 Å². The second-order valence-corrected chi connectivity index (χ2v) is 9.89. The molecule has 0 fully saturated rings. The minimum atomic E-state index is -1.33. The van der Waals surface area contributed by atoms with E-state index in [9.17, 15) is 15.0 Å². The molecule has 0 aromatic carbocycles. The molecule has 4 nitrogen and oxygen atoms in total. The van der Waals surface area contributed by atoms with Gasteiger partial charge in [-0.1, -0.05) is 103 Å². The van der Waals surface area contributed by atoms with Gasteiger partial charge in [-0.05, 0) is 12.8 Å². The van der Waals surface area contributed by atoms with E-state index in [1.54, 1.807) is 6.08 Å². The summed E-state index contributed by atoms with van der Waals surface area (Å²) in [5.41, 5.74) is -1.33. The molecule has 1 atom stereocenters. The Morgan fingerprint density at radius 1 is 0.828 bits per heavy atom. The number of carboxylic acids is 1. The van der Waals surface area contributed by atoms with E-state index < -0.39 is 11.6 Å². The van der Waals surface area contributed by atoms with Crippen LogP contribution in [-0.2, 0) is 4.79 Å². The fourth-order valence-corrected chi connectivity index (χ4v) is 4.00. The zero-order valence-electron chi connectivity index (χ0n) is 19.9. The Hall–Kier alpha value is -0.870. The number of allylic oxidation sites excluding steroid dienone is 1. The zero-order chi connectivity index (χ0) is 22.0. The highest BCUT2D eigenvalue weighted by atomic mass is 16.4. The van der Waals surface area contributed by atoms with Crippen molar-refractivity contribution < 1.29 is 19.5 Å². The lowest BCUT2D eigenvalue weighted by Crippen LogP contribution is -2.50. The third kappa shape index (κ3) is 20.2. The lowest BCUT2D eigenvalue weighted by Gasteiger charge is -2.34. The van der Waals surface area contributed by atoms with Gasteiger partial charge >= 0.3 is 0 Å². The molecule has 1 unspecified atom stereocenters. The number of hydrogen-bond acceptors (Lipinski definition) is 3. The average molecular weight is 412 g/mol. The van der Waals surface area contributed by atoms with Crippen molar-refractivity contribution in [2.75, 3.05) is 27.7 Å². The van der Waals surface area contributed by atoms with Crippen LogP contribution in [0.2, 0.25) is 0 Å². The first-order chi connectivity index (χ1) is 13.7. The van der Waals surface area contributed by atoms with E-state index >= 15 is 0 Å². The second-order valence-electron chi connectivity index (χ2n) is 9.89. The van der Waals surface area contributed by atoms with E-state index in [0.717, 1.165) is 12.8 Å². The SMILES string of the molecule is CCCCCCCCCCCCCCCCC=CC(O)(CC(=O)[O-])C[N+](C)(C)C. The highest BCUT2D eigenvalue weighted by Crippen LogP contribution is 2.17. The van der Waals surface area contributed by atoms with E-state index in [1.807, 2.05) is 27.2 Å². The summed E-state index contributed by atoms with van der Waals surface area (Å²) >= 11 is 0. The number of nitrogens with zero attached hydrogens (tertiary/aromatic N) is 1. The van der Waals surface area contributed by atoms with Gasteiger partial charge in [0.15, 0.2) is 0 Å². The van der Waals surface area contributed by atoms with Crippen LogP contribution in [0.15, 0.2) is 12.2 Å². The Kier molecular flexibility index (Phi) is 16.4. The van der Waals surface area contributed by atoms with Crippen molar-refractivity contribution in [2.24, 2.45) is 0 Å². The number of rotatable bonds is 20. The predicted molar refractivity (Wildman–Crippen MR) is 122 cm³/mol. The van der Waals surface area contributed by atoms with Gasteiger partial charge in [-0.15, -0.1) is 0 Å². The Balaban J connectivity index is 3.68. The van der Waals surface area contributed by atoms with Gasteiger partial charge in [0.05, 0.1) is 21.1 Å². The van der Waals surface area contributed by atoms with Crippen LogP contribution >= 0.6 is 0 Å². The van der Waals surface area contributed by atoms with Crippen molar-refractivity contribution in [3.63, 3.8) is 0 Å². The number of quaternary nitrogens is 1. The summed E-state index contributed by atoms with van der Waals surface area (Å²) < 4.78 is 0.507. The van der Waals surface area contributed by atoms with Crippen molar-refractivity contribution in [1.29, 1.82) is 0 Å². The van der Waals surface area contributed by atoms with Crippen LogP contribution in [0.1, 0.15) is 110 Å². The summed E-state index contributed by atoms with van der Waals surface area (Å²) in [5, 5.41) is 21.6. The van der Waals surface area contributed by atoms with Gasteiger partial charge in [-0.3, -0.25) is 0 Å². The minimum Gasteiger partial charge on any atom is -0.550 e. The molecule has 172 valence electrons. The minimum absolute atomic E-state index is 0.349. The molecule has 0 spiro atoms.